The topological polar surface area (TPSA) is 45.5 Å². The van der Waals surface area contributed by atoms with Crippen LogP contribution in [0.4, 0.5) is 0 Å². The second-order valence-electron chi connectivity index (χ2n) is 6.64. The fourth-order valence-electron chi connectivity index (χ4n) is 2.39. The number of aryl methyl sites for hydroxylation is 1. The Balaban J connectivity index is 2.80. The van der Waals surface area contributed by atoms with Crippen molar-refractivity contribution in [2.24, 2.45) is 18.0 Å². The van der Waals surface area contributed by atoms with Crippen LogP contribution >= 0.6 is 0 Å². The summed E-state index contributed by atoms with van der Waals surface area (Å²) in [5.41, 5.74) is 2.45. The van der Waals surface area contributed by atoms with Gasteiger partial charge < -0.3 is 10.2 Å². The molecule has 1 rings (SSSR count). The predicted molar refractivity (Wildman–Crippen MR) is 94.2 cm³/mol. The number of hydrogen-bond donors (Lipinski definition) is 1. The quantitative estimate of drug-likeness (QED) is 0.622. The SMILES string of the molecule is CCNC(=NCCC(C)C)N(C)Cc1cn(C)nc1C(C)C. The Bertz CT molecular complexity index is 473. The standard InChI is InChI=1S/C17H33N5/c1-8-18-17(19-10-9-13(2)3)21(6)11-15-12-22(7)20-16(15)14(4)5/h12-14H,8-11H2,1-7H3,(H,18,19). The van der Waals surface area contributed by atoms with Gasteiger partial charge in [-0.05, 0) is 25.2 Å². The van der Waals surface area contributed by atoms with E-state index in [-0.39, 0.29) is 0 Å². The monoisotopic (exact) mass is 307 g/mol. The Morgan fingerprint density at radius 1 is 1.36 bits per heavy atom. The van der Waals surface area contributed by atoms with E-state index in [2.05, 4.69) is 63.2 Å². The second-order valence-corrected chi connectivity index (χ2v) is 6.64. The zero-order chi connectivity index (χ0) is 16.7. The van der Waals surface area contributed by atoms with Gasteiger partial charge in [0, 0.05) is 45.5 Å². The smallest absolute Gasteiger partial charge is 0.193 e. The van der Waals surface area contributed by atoms with E-state index in [1.807, 2.05) is 11.7 Å². The molecular weight excluding hydrogens is 274 g/mol. The van der Waals surface area contributed by atoms with E-state index in [9.17, 15) is 0 Å². The minimum atomic E-state index is 0.435. The average molecular weight is 307 g/mol. The number of aromatic nitrogens is 2. The van der Waals surface area contributed by atoms with Gasteiger partial charge in [0.05, 0.1) is 5.69 Å². The van der Waals surface area contributed by atoms with Crippen LogP contribution in [0.25, 0.3) is 0 Å². The van der Waals surface area contributed by atoms with Gasteiger partial charge in [0.25, 0.3) is 0 Å². The lowest BCUT2D eigenvalue weighted by Gasteiger charge is -2.22. The molecule has 0 bridgehead atoms. The second kappa shape index (κ2) is 8.81. The first-order valence-corrected chi connectivity index (χ1v) is 8.37. The summed E-state index contributed by atoms with van der Waals surface area (Å²) in [7, 11) is 4.07. The molecular formula is C17H33N5. The zero-order valence-electron chi connectivity index (χ0n) is 15.3. The first kappa shape index (κ1) is 18.5. The summed E-state index contributed by atoms with van der Waals surface area (Å²) in [5, 5.41) is 7.96. The number of rotatable bonds is 7. The molecule has 0 amide bonds. The molecule has 0 saturated carbocycles. The van der Waals surface area contributed by atoms with Crippen LogP contribution in [0.1, 0.15) is 58.2 Å². The molecule has 0 unspecified atom stereocenters. The molecule has 1 aromatic heterocycles. The Labute approximate surface area is 135 Å². The third-order valence-electron chi connectivity index (χ3n) is 3.56. The molecule has 1 heterocycles. The lowest BCUT2D eigenvalue weighted by atomic mass is 10.1. The Kier molecular flexibility index (Phi) is 7.42. The van der Waals surface area contributed by atoms with Crippen LogP contribution in [0, 0.1) is 5.92 Å². The molecule has 0 aliphatic carbocycles. The summed E-state index contributed by atoms with van der Waals surface area (Å²) in [4.78, 5) is 6.92. The van der Waals surface area contributed by atoms with Crippen LogP contribution in [0.3, 0.4) is 0 Å². The molecule has 0 aliphatic heterocycles. The first-order valence-electron chi connectivity index (χ1n) is 8.37. The maximum atomic E-state index is 4.74. The minimum Gasteiger partial charge on any atom is -0.357 e. The number of nitrogens with zero attached hydrogens (tertiary/aromatic N) is 4. The van der Waals surface area contributed by atoms with Crippen molar-refractivity contribution in [3.05, 3.63) is 17.5 Å². The van der Waals surface area contributed by atoms with Crippen molar-refractivity contribution in [3.63, 3.8) is 0 Å². The van der Waals surface area contributed by atoms with Crippen LogP contribution in [0.15, 0.2) is 11.2 Å². The van der Waals surface area contributed by atoms with Gasteiger partial charge in [-0.25, -0.2) is 0 Å². The van der Waals surface area contributed by atoms with E-state index in [1.54, 1.807) is 0 Å². The number of aliphatic imine (C=N–C) groups is 1. The summed E-state index contributed by atoms with van der Waals surface area (Å²) >= 11 is 0. The third kappa shape index (κ3) is 5.70. The lowest BCUT2D eigenvalue weighted by Crippen LogP contribution is -2.38. The normalized spacial score (nSPS) is 12.3. The van der Waals surface area contributed by atoms with Crippen LogP contribution < -0.4 is 5.32 Å². The van der Waals surface area contributed by atoms with Crippen molar-refractivity contribution in [1.29, 1.82) is 0 Å². The molecule has 0 atom stereocenters. The number of guanidine groups is 1. The first-order chi connectivity index (χ1) is 10.3. The molecule has 5 heteroatoms. The predicted octanol–water partition coefficient (Wildman–Crippen LogP) is 2.99. The van der Waals surface area contributed by atoms with Gasteiger partial charge in [0.1, 0.15) is 0 Å². The Hall–Kier alpha value is -1.52. The van der Waals surface area contributed by atoms with E-state index >= 15 is 0 Å². The van der Waals surface area contributed by atoms with E-state index in [0.29, 0.717) is 11.8 Å². The number of nitrogens with one attached hydrogen (secondary N) is 1. The van der Waals surface area contributed by atoms with E-state index in [4.69, 9.17) is 4.99 Å². The summed E-state index contributed by atoms with van der Waals surface area (Å²) < 4.78 is 1.90. The third-order valence-corrected chi connectivity index (χ3v) is 3.56. The molecule has 126 valence electrons. The van der Waals surface area contributed by atoms with Gasteiger partial charge in [-0.15, -0.1) is 0 Å². The highest BCUT2D eigenvalue weighted by molar-refractivity contribution is 5.79. The van der Waals surface area contributed by atoms with Gasteiger partial charge in [0.15, 0.2) is 5.96 Å². The van der Waals surface area contributed by atoms with Crippen LogP contribution in [-0.2, 0) is 13.6 Å². The van der Waals surface area contributed by atoms with Gasteiger partial charge in [-0.1, -0.05) is 27.7 Å². The molecule has 1 aromatic rings. The minimum absolute atomic E-state index is 0.435. The molecule has 22 heavy (non-hydrogen) atoms. The fourth-order valence-corrected chi connectivity index (χ4v) is 2.39. The van der Waals surface area contributed by atoms with Crippen molar-refractivity contribution in [3.8, 4) is 0 Å². The van der Waals surface area contributed by atoms with Crippen molar-refractivity contribution in [2.75, 3.05) is 20.1 Å². The van der Waals surface area contributed by atoms with Crippen molar-refractivity contribution < 1.29 is 0 Å². The van der Waals surface area contributed by atoms with Crippen LogP contribution in [0.5, 0.6) is 0 Å². The summed E-state index contributed by atoms with van der Waals surface area (Å²) in [6, 6.07) is 0. The molecule has 0 aromatic carbocycles. The van der Waals surface area contributed by atoms with Crippen molar-refractivity contribution in [1.82, 2.24) is 20.0 Å². The van der Waals surface area contributed by atoms with Gasteiger partial charge in [0.2, 0.25) is 0 Å². The zero-order valence-corrected chi connectivity index (χ0v) is 15.3. The summed E-state index contributed by atoms with van der Waals surface area (Å²) in [6.07, 6.45) is 3.23. The highest BCUT2D eigenvalue weighted by atomic mass is 15.3. The maximum absolute atomic E-state index is 4.74. The Morgan fingerprint density at radius 2 is 2.05 bits per heavy atom. The van der Waals surface area contributed by atoms with Crippen molar-refractivity contribution >= 4 is 5.96 Å². The number of hydrogen-bond acceptors (Lipinski definition) is 2. The highest BCUT2D eigenvalue weighted by Crippen LogP contribution is 2.18. The molecule has 0 aliphatic rings. The molecule has 0 saturated heterocycles. The highest BCUT2D eigenvalue weighted by Gasteiger charge is 2.15. The van der Waals surface area contributed by atoms with E-state index < -0.39 is 0 Å². The van der Waals surface area contributed by atoms with Gasteiger partial charge in [-0.2, -0.15) is 5.10 Å². The van der Waals surface area contributed by atoms with Gasteiger partial charge in [-0.3, -0.25) is 9.67 Å². The van der Waals surface area contributed by atoms with Crippen LogP contribution in [-0.4, -0.2) is 40.8 Å². The van der Waals surface area contributed by atoms with Crippen LogP contribution in [0.2, 0.25) is 0 Å². The fraction of sp³-hybridized carbons (Fsp3) is 0.765. The average Bonchev–Trinajstić information content (AvgIpc) is 2.78. The molecule has 0 fully saturated rings. The molecule has 0 spiro atoms. The maximum Gasteiger partial charge on any atom is 0.193 e. The lowest BCUT2D eigenvalue weighted by molar-refractivity contribution is 0.471. The van der Waals surface area contributed by atoms with Gasteiger partial charge >= 0.3 is 0 Å². The van der Waals surface area contributed by atoms with Crippen molar-refractivity contribution in [2.45, 2.75) is 53.5 Å². The Morgan fingerprint density at radius 3 is 2.59 bits per heavy atom. The molecule has 0 radical (unpaired) electrons. The van der Waals surface area contributed by atoms with E-state index in [0.717, 1.165) is 32.0 Å². The largest absolute Gasteiger partial charge is 0.357 e. The summed E-state index contributed by atoms with van der Waals surface area (Å²) in [5.74, 6) is 2.09. The summed E-state index contributed by atoms with van der Waals surface area (Å²) in [6.45, 7) is 13.5. The molecule has 1 N–H and O–H groups in total. The van der Waals surface area contributed by atoms with E-state index in [1.165, 1.54) is 11.3 Å². The molecule has 5 nitrogen and oxygen atoms in total.